The van der Waals surface area contributed by atoms with Crippen molar-refractivity contribution < 1.29 is 4.39 Å². The van der Waals surface area contributed by atoms with Crippen LogP contribution in [0.2, 0.25) is 0 Å². The number of nitrogen functional groups attached to an aromatic ring is 1. The molecule has 0 radical (unpaired) electrons. The van der Waals surface area contributed by atoms with E-state index in [0.717, 1.165) is 4.34 Å². The third kappa shape index (κ3) is 2.99. The summed E-state index contributed by atoms with van der Waals surface area (Å²) in [5.41, 5.74) is 7.11. The molecule has 2 aromatic rings. The van der Waals surface area contributed by atoms with E-state index in [-0.39, 0.29) is 5.82 Å². The molecule has 1 fully saturated rings. The molecular formula is C15H17FN2S2. The molecule has 2 N–H and O–H groups in total. The molecule has 2 nitrogen and oxygen atoms in total. The van der Waals surface area contributed by atoms with Crippen molar-refractivity contribution in [2.45, 2.75) is 41.7 Å². The molecule has 0 atom stereocenters. The molecule has 0 aliphatic heterocycles. The van der Waals surface area contributed by atoms with E-state index >= 15 is 0 Å². The van der Waals surface area contributed by atoms with Crippen molar-refractivity contribution in [2.75, 3.05) is 5.73 Å². The van der Waals surface area contributed by atoms with Gasteiger partial charge in [0.05, 0.1) is 0 Å². The van der Waals surface area contributed by atoms with E-state index in [2.05, 4.69) is 4.98 Å². The van der Waals surface area contributed by atoms with Crippen LogP contribution in [0.25, 0.3) is 11.3 Å². The van der Waals surface area contributed by atoms with E-state index in [9.17, 15) is 4.39 Å². The normalized spacial score (nSPS) is 16.4. The van der Waals surface area contributed by atoms with Gasteiger partial charge in [0.15, 0.2) is 4.34 Å². The molecule has 0 spiro atoms. The van der Waals surface area contributed by atoms with Crippen LogP contribution in [0.1, 0.15) is 32.1 Å². The summed E-state index contributed by atoms with van der Waals surface area (Å²) in [5, 5.41) is 1.25. The minimum atomic E-state index is -0.265. The maximum absolute atomic E-state index is 13.8. The van der Waals surface area contributed by atoms with Gasteiger partial charge in [0.25, 0.3) is 0 Å². The maximum atomic E-state index is 13.8. The molecule has 1 aromatic carbocycles. The van der Waals surface area contributed by atoms with Gasteiger partial charge < -0.3 is 5.73 Å². The number of benzene rings is 1. The van der Waals surface area contributed by atoms with Gasteiger partial charge in [-0.25, -0.2) is 9.37 Å². The lowest BCUT2D eigenvalue weighted by molar-refractivity contribution is 0.516. The van der Waals surface area contributed by atoms with Crippen LogP contribution in [0.4, 0.5) is 9.39 Å². The van der Waals surface area contributed by atoms with Crippen LogP contribution in [0, 0.1) is 5.82 Å². The van der Waals surface area contributed by atoms with Crippen LogP contribution >= 0.6 is 23.1 Å². The zero-order valence-corrected chi connectivity index (χ0v) is 12.8. The summed E-state index contributed by atoms with van der Waals surface area (Å²) in [6.45, 7) is 0. The quantitative estimate of drug-likeness (QED) is 0.871. The Kier molecular flexibility index (Phi) is 4.27. The standard InChI is InChI=1S/C15H17FN2S2/c16-12-9-5-4-8-11(12)13-14(17)20-15(18-13)19-10-6-2-1-3-7-10/h4-5,8-10H,1-3,6-7,17H2. The highest BCUT2D eigenvalue weighted by molar-refractivity contribution is 8.01. The summed E-state index contributed by atoms with van der Waals surface area (Å²) in [4.78, 5) is 4.55. The lowest BCUT2D eigenvalue weighted by atomic mass is 10.0. The van der Waals surface area contributed by atoms with Gasteiger partial charge >= 0.3 is 0 Å². The maximum Gasteiger partial charge on any atom is 0.152 e. The van der Waals surface area contributed by atoms with Gasteiger partial charge in [-0.15, -0.1) is 0 Å². The number of thiazole rings is 1. The molecule has 1 aliphatic carbocycles. The summed E-state index contributed by atoms with van der Waals surface area (Å²) >= 11 is 3.28. The fourth-order valence-corrected chi connectivity index (χ4v) is 4.98. The largest absolute Gasteiger partial charge is 0.389 e. The third-order valence-corrected chi connectivity index (χ3v) is 5.90. The summed E-state index contributed by atoms with van der Waals surface area (Å²) in [6, 6.07) is 6.67. The first kappa shape index (κ1) is 13.9. The highest BCUT2D eigenvalue weighted by Gasteiger charge is 2.19. The summed E-state index contributed by atoms with van der Waals surface area (Å²) in [6.07, 6.45) is 6.45. The smallest absolute Gasteiger partial charge is 0.152 e. The van der Waals surface area contributed by atoms with Crippen molar-refractivity contribution in [1.29, 1.82) is 0 Å². The van der Waals surface area contributed by atoms with Crippen LogP contribution in [0.15, 0.2) is 28.6 Å². The first-order chi connectivity index (χ1) is 9.74. The van der Waals surface area contributed by atoms with Crippen molar-refractivity contribution in [3.63, 3.8) is 0 Å². The summed E-state index contributed by atoms with van der Waals surface area (Å²) < 4.78 is 14.8. The number of hydrogen-bond acceptors (Lipinski definition) is 4. The fraction of sp³-hybridized carbons (Fsp3) is 0.400. The molecule has 1 saturated carbocycles. The minimum absolute atomic E-state index is 0.265. The highest BCUT2D eigenvalue weighted by atomic mass is 32.2. The Bertz CT molecular complexity index is 591. The van der Waals surface area contributed by atoms with Gasteiger partial charge in [-0.05, 0) is 25.0 Å². The van der Waals surface area contributed by atoms with Crippen LogP contribution in [0.3, 0.4) is 0 Å². The van der Waals surface area contributed by atoms with E-state index in [1.807, 2.05) is 6.07 Å². The highest BCUT2D eigenvalue weighted by Crippen LogP contribution is 2.40. The van der Waals surface area contributed by atoms with Crippen LogP contribution in [-0.2, 0) is 0 Å². The van der Waals surface area contributed by atoms with E-state index in [1.54, 1.807) is 23.9 Å². The van der Waals surface area contributed by atoms with Gasteiger partial charge in [-0.3, -0.25) is 0 Å². The van der Waals surface area contributed by atoms with Crippen molar-refractivity contribution in [1.82, 2.24) is 4.98 Å². The SMILES string of the molecule is Nc1sc(SC2CCCCC2)nc1-c1ccccc1F. The number of hydrogen-bond donors (Lipinski definition) is 1. The molecule has 0 saturated heterocycles. The molecule has 20 heavy (non-hydrogen) atoms. The molecule has 5 heteroatoms. The van der Waals surface area contributed by atoms with Gasteiger partial charge in [-0.1, -0.05) is 54.5 Å². The summed E-state index contributed by atoms with van der Waals surface area (Å²) in [7, 11) is 0. The Morgan fingerprint density at radius 3 is 2.70 bits per heavy atom. The molecule has 0 amide bonds. The Labute approximate surface area is 126 Å². The van der Waals surface area contributed by atoms with E-state index < -0.39 is 0 Å². The number of nitrogens with two attached hydrogens (primary N) is 1. The lowest BCUT2D eigenvalue weighted by Gasteiger charge is -2.19. The zero-order chi connectivity index (χ0) is 13.9. The Balaban J connectivity index is 1.82. The average Bonchev–Trinajstić information content (AvgIpc) is 2.81. The topological polar surface area (TPSA) is 38.9 Å². The third-order valence-electron chi connectivity index (χ3n) is 3.58. The van der Waals surface area contributed by atoms with Gasteiger partial charge in [-0.2, -0.15) is 0 Å². The monoisotopic (exact) mass is 308 g/mol. The number of nitrogens with zero attached hydrogens (tertiary/aromatic N) is 1. The van der Waals surface area contributed by atoms with Crippen molar-refractivity contribution >= 4 is 28.1 Å². The van der Waals surface area contributed by atoms with Crippen LogP contribution in [0.5, 0.6) is 0 Å². The van der Waals surface area contributed by atoms with Crippen LogP contribution in [-0.4, -0.2) is 10.2 Å². The van der Waals surface area contributed by atoms with E-state index in [4.69, 9.17) is 5.73 Å². The minimum Gasteiger partial charge on any atom is -0.389 e. The van der Waals surface area contributed by atoms with Crippen molar-refractivity contribution in [3.05, 3.63) is 30.1 Å². The molecule has 1 aliphatic rings. The molecule has 0 bridgehead atoms. The van der Waals surface area contributed by atoms with E-state index in [1.165, 1.54) is 49.5 Å². The van der Waals surface area contributed by atoms with Gasteiger partial charge in [0.2, 0.25) is 0 Å². The van der Waals surface area contributed by atoms with Crippen molar-refractivity contribution in [3.8, 4) is 11.3 Å². The second kappa shape index (κ2) is 6.14. The summed E-state index contributed by atoms with van der Waals surface area (Å²) in [5.74, 6) is -0.265. The Hall–Kier alpha value is -1.07. The van der Waals surface area contributed by atoms with E-state index in [0.29, 0.717) is 21.5 Å². The van der Waals surface area contributed by atoms with Crippen LogP contribution < -0.4 is 5.73 Å². The number of aromatic nitrogens is 1. The number of thioether (sulfide) groups is 1. The predicted octanol–water partition coefficient (Wildman–Crippen LogP) is 4.96. The average molecular weight is 308 g/mol. The fourth-order valence-electron chi connectivity index (χ4n) is 2.53. The lowest BCUT2D eigenvalue weighted by Crippen LogP contribution is -2.07. The first-order valence-electron chi connectivity index (χ1n) is 6.92. The number of halogens is 1. The zero-order valence-electron chi connectivity index (χ0n) is 11.1. The van der Waals surface area contributed by atoms with Crippen molar-refractivity contribution in [2.24, 2.45) is 0 Å². The number of rotatable bonds is 3. The molecule has 0 unspecified atom stereocenters. The van der Waals surface area contributed by atoms with Gasteiger partial charge in [0.1, 0.15) is 16.5 Å². The molecule has 3 rings (SSSR count). The molecule has 1 aromatic heterocycles. The first-order valence-corrected chi connectivity index (χ1v) is 8.61. The second-order valence-corrected chi connectivity index (χ2v) is 7.63. The Morgan fingerprint density at radius 2 is 1.95 bits per heavy atom. The molecule has 1 heterocycles. The predicted molar refractivity (Wildman–Crippen MR) is 84.7 cm³/mol. The second-order valence-electron chi connectivity index (χ2n) is 5.05. The number of anilines is 1. The van der Waals surface area contributed by atoms with Gasteiger partial charge in [0, 0.05) is 10.8 Å². The molecule has 106 valence electrons. The molecular weight excluding hydrogens is 291 g/mol. The Morgan fingerprint density at radius 1 is 1.20 bits per heavy atom.